The molecule has 0 fully saturated rings. The van der Waals surface area contributed by atoms with Crippen LogP contribution in [0, 0.1) is 0 Å². The summed E-state index contributed by atoms with van der Waals surface area (Å²) in [6, 6.07) is 10.5. The van der Waals surface area contributed by atoms with Crippen LogP contribution in [0.2, 0.25) is 0 Å². The molecule has 0 amide bonds. The number of nitrogens with two attached hydrogens (primary N) is 1. The Bertz CT molecular complexity index is 894. The van der Waals surface area contributed by atoms with Crippen molar-refractivity contribution >= 4 is 37.5 Å². The first-order chi connectivity index (χ1) is 10.1. The average Bonchev–Trinajstić information content (AvgIpc) is 2.39. The predicted octanol–water partition coefficient (Wildman–Crippen LogP) is 1.46. The summed E-state index contributed by atoms with van der Waals surface area (Å²) in [5.74, 6) is 0. The fourth-order valence-corrected chi connectivity index (χ4v) is 3.43. The van der Waals surface area contributed by atoms with Crippen molar-refractivity contribution in [2.24, 2.45) is 0 Å². The van der Waals surface area contributed by atoms with Crippen LogP contribution in [-0.2, 0) is 20.4 Å². The topological polar surface area (TPSA) is 138 Å². The lowest BCUT2D eigenvalue weighted by Crippen LogP contribution is -2.26. The molecule has 2 aromatic rings. The first-order valence-corrected chi connectivity index (χ1v) is 8.64. The smallest absolute Gasteiger partial charge is 0.364 e. The fraction of sp³-hybridized carbons (Fsp3) is 0. The van der Waals surface area contributed by atoms with E-state index in [1.165, 1.54) is 30.3 Å². The lowest BCUT2D eigenvalue weighted by molar-refractivity contribution is 0.481. The molecular weight excluding hydrogens is 332 g/mol. The Morgan fingerprint density at radius 1 is 0.909 bits per heavy atom. The molecule has 0 aliphatic carbocycles. The summed E-state index contributed by atoms with van der Waals surface area (Å²) in [5, 5.41) is 0. The van der Waals surface area contributed by atoms with E-state index in [-0.39, 0.29) is 11.4 Å². The highest BCUT2D eigenvalue weighted by molar-refractivity contribution is 7.88. The number of para-hydroxylation sites is 1. The maximum atomic E-state index is 11.7. The summed E-state index contributed by atoms with van der Waals surface area (Å²) in [5.41, 5.74) is 5.00. The SMILES string of the molecule is Nc1ccc(N(c2ccccc2)S(=O)(=O)O)c(S(=O)(=O)O)c1. The number of anilines is 3. The second kappa shape index (κ2) is 5.57. The standard InChI is InChI=1S/C12H12N2O6S2/c13-9-6-7-11(12(8-9)21(15,16)17)14(22(18,19)20)10-4-2-1-3-5-10/h1-8H,13H2,(H,15,16,17)(H,18,19,20). The summed E-state index contributed by atoms with van der Waals surface area (Å²) in [4.78, 5) is -0.742. The van der Waals surface area contributed by atoms with Crippen molar-refractivity contribution in [1.82, 2.24) is 0 Å². The number of nitrogens with zero attached hydrogens (tertiary/aromatic N) is 1. The van der Waals surface area contributed by atoms with Crippen molar-refractivity contribution in [3.8, 4) is 0 Å². The molecule has 2 aromatic carbocycles. The number of benzene rings is 2. The largest absolute Gasteiger partial charge is 0.399 e. The maximum Gasteiger partial charge on any atom is 0.364 e. The van der Waals surface area contributed by atoms with E-state index in [4.69, 9.17) is 5.73 Å². The molecule has 0 saturated heterocycles. The number of nitrogen functional groups attached to an aromatic ring is 1. The van der Waals surface area contributed by atoms with Gasteiger partial charge in [0, 0.05) is 5.69 Å². The normalized spacial score (nSPS) is 12.1. The van der Waals surface area contributed by atoms with Gasteiger partial charge >= 0.3 is 10.3 Å². The Balaban J connectivity index is 2.81. The zero-order chi connectivity index (χ0) is 16.5. The lowest BCUT2D eigenvalue weighted by Gasteiger charge is -2.22. The molecule has 2 rings (SSSR count). The third kappa shape index (κ3) is 3.36. The van der Waals surface area contributed by atoms with Crippen LogP contribution in [0.25, 0.3) is 0 Å². The van der Waals surface area contributed by atoms with Gasteiger partial charge in [-0.05, 0) is 30.3 Å². The van der Waals surface area contributed by atoms with Gasteiger partial charge in [0.05, 0.1) is 11.4 Å². The molecule has 22 heavy (non-hydrogen) atoms. The maximum absolute atomic E-state index is 11.7. The van der Waals surface area contributed by atoms with E-state index in [9.17, 15) is 25.9 Å². The van der Waals surface area contributed by atoms with Gasteiger partial charge in [-0.15, -0.1) is 0 Å². The third-order valence-corrected chi connectivity index (χ3v) is 4.45. The van der Waals surface area contributed by atoms with Crippen molar-refractivity contribution in [3.63, 3.8) is 0 Å². The molecule has 0 heterocycles. The second-order valence-electron chi connectivity index (χ2n) is 4.28. The molecule has 4 N–H and O–H groups in total. The zero-order valence-corrected chi connectivity index (χ0v) is 12.6. The second-order valence-corrected chi connectivity index (χ2v) is 6.93. The van der Waals surface area contributed by atoms with Crippen LogP contribution in [0.5, 0.6) is 0 Å². The zero-order valence-electron chi connectivity index (χ0n) is 11.0. The quantitative estimate of drug-likeness (QED) is 0.563. The van der Waals surface area contributed by atoms with Crippen LogP contribution >= 0.6 is 0 Å². The van der Waals surface area contributed by atoms with Crippen molar-refractivity contribution in [3.05, 3.63) is 48.5 Å². The highest BCUT2D eigenvalue weighted by Crippen LogP contribution is 2.34. The van der Waals surface area contributed by atoms with Gasteiger partial charge in [-0.3, -0.25) is 9.11 Å². The van der Waals surface area contributed by atoms with Gasteiger partial charge in [-0.1, -0.05) is 18.2 Å². The summed E-state index contributed by atoms with van der Waals surface area (Å²) in [6.45, 7) is 0. The Morgan fingerprint density at radius 3 is 2.00 bits per heavy atom. The molecule has 0 saturated carbocycles. The lowest BCUT2D eigenvalue weighted by atomic mass is 10.2. The van der Waals surface area contributed by atoms with Crippen LogP contribution in [-0.4, -0.2) is 25.9 Å². The van der Waals surface area contributed by atoms with E-state index < -0.39 is 31.0 Å². The van der Waals surface area contributed by atoms with Gasteiger partial charge in [0.15, 0.2) is 0 Å². The summed E-state index contributed by atoms with van der Waals surface area (Å²) in [7, 11) is -9.62. The average molecular weight is 344 g/mol. The van der Waals surface area contributed by atoms with Crippen LogP contribution < -0.4 is 10.0 Å². The number of hydrogen-bond acceptors (Lipinski definition) is 5. The Hall–Kier alpha value is -2.14. The minimum atomic E-state index is -4.85. The van der Waals surface area contributed by atoms with E-state index >= 15 is 0 Å². The first-order valence-electron chi connectivity index (χ1n) is 5.80. The molecule has 8 nitrogen and oxygen atoms in total. The van der Waals surface area contributed by atoms with Crippen LogP contribution in [0.1, 0.15) is 0 Å². The minimum absolute atomic E-state index is 0.000255. The van der Waals surface area contributed by atoms with Crippen molar-refractivity contribution in [2.45, 2.75) is 4.90 Å². The van der Waals surface area contributed by atoms with Gasteiger partial charge in [-0.25, -0.2) is 4.31 Å². The van der Waals surface area contributed by atoms with Gasteiger partial charge in [0.1, 0.15) is 4.90 Å². The van der Waals surface area contributed by atoms with Crippen molar-refractivity contribution in [2.75, 3.05) is 10.0 Å². The molecule has 0 unspecified atom stereocenters. The van der Waals surface area contributed by atoms with Crippen molar-refractivity contribution in [1.29, 1.82) is 0 Å². The van der Waals surface area contributed by atoms with Gasteiger partial charge in [0.25, 0.3) is 10.1 Å². The molecule has 0 aromatic heterocycles. The van der Waals surface area contributed by atoms with E-state index in [0.29, 0.717) is 4.31 Å². The number of hydrogen-bond donors (Lipinski definition) is 3. The highest BCUT2D eigenvalue weighted by atomic mass is 32.2. The van der Waals surface area contributed by atoms with Gasteiger partial charge in [-0.2, -0.15) is 16.8 Å². The molecule has 0 aliphatic heterocycles. The summed E-state index contributed by atoms with van der Waals surface area (Å²) in [6.07, 6.45) is 0. The van der Waals surface area contributed by atoms with Crippen LogP contribution in [0.15, 0.2) is 53.4 Å². The molecule has 0 bridgehead atoms. The summed E-state index contributed by atoms with van der Waals surface area (Å²) < 4.78 is 65.4. The molecular formula is C12H12N2O6S2. The fourth-order valence-electron chi connectivity index (χ4n) is 1.87. The molecule has 118 valence electrons. The molecule has 0 atom stereocenters. The predicted molar refractivity (Wildman–Crippen MR) is 80.8 cm³/mol. The van der Waals surface area contributed by atoms with Crippen molar-refractivity contribution < 1.29 is 25.9 Å². The molecule has 0 aliphatic rings. The molecule has 0 spiro atoms. The van der Waals surface area contributed by atoms with E-state index in [1.54, 1.807) is 6.07 Å². The first kappa shape index (κ1) is 16.2. The Kier molecular flexibility index (Phi) is 4.11. The van der Waals surface area contributed by atoms with Gasteiger partial charge in [0.2, 0.25) is 0 Å². The van der Waals surface area contributed by atoms with Crippen LogP contribution in [0.3, 0.4) is 0 Å². The van der Waals surface area contributed by atoms with E-state index in [2.05, 4.69) is 0 Å². The summed E-state index contributed by atoms with van der Waals surface area (Å²) >= 11 is 0. The van der Waals surface area contributed by atoms with E-state index in [1.807, 2.05) is 0 Å². The van der Waals surface area contributed by atoms with Crippen LogP contribution in [0.4, 0.5) is 17.1 Å². The molecule has 0 radical (unpaired) electrons. The van der Waals surface area contributed by atoms with Gasteiger partial charge < -0.3 is 5.73 Å². The minimum Gasteiger partial charge on any atom is -0.399 e. The monoisotopic (exact) mass is 344 g/mol. The van der Waals surface area contributed by atoms with E-state index in [0.717, 1.165) is 12.1 Å². The number of rotatable bonds is 4. The Morgan fingerprint density at radius 2 is 1.50 bits per heavy atom. The Labute approximate surface area is 127 Å². The highest BCUT2D eigenvalue weighted by Gasteiger charge is 2.28. The molecule has 10 heteroatoms. The third-order valence-electron chi connectivity index (χ3n) is 2.70.